The zero-order chi connectivity index (χ0) is 18.9. The molecule has 2 aromatic rings. The van der Waals surface area contributed by atoms with Crippen LogP contribution in [0.1, 0.15) is 30.5 Å². The molecular weight excluding hydrogens is 373 g/mol. The molecule has 1 aliphatic heterocycles. The number of anilines is 1. The maximum Gasteiger partial charge on any atom is 0.269 e. The Morgan fingerprint density at radius 1 is 1.22 bits per heavy atom. The van der Waals surface area contributed by atoms with Crippen molar-refractivity contribution in [3.8, 4) is 0 Å². The van der Waals surface area contributed by atoms with Crippen molar-refractivity contribution in [2.75, 3.05) is 11.9 Å². The Kier molecular flexibility index (Phi) is 6.18. The summed E-state index contributed by atoms with van der Waals surface area (Å²) in [5, 5.41) is 16.6. The molecule has 1 aliphatic rings. The van der Waals surface area contributed by atoms with Gasteiger partial charge in [0.1, 0.15) is 5.82 Å². The first-order valence-electron chi connectivity index (χ1n) is 8.38. The van der Waals surface area contributed by atoms with Crippen LogP contribution >= 0.6 is 12.4 Å². The minimum Gasteiger partial charge on any atom is -0.323 e. The Labute approximate surface area is 162 Å². The van der Waals surface area contributed by atoms with Gasteiger partial charge in [-0.25, -0.2) is 4.39 Å². The number of carbonyl (C=O) groups excluding carboxylic acids is 1. The van der Waals surface area contributed by atoms with E-state index in [1.807, 2.05) is 6.07 Å². The van der Waals surface area contributed by atoms with Gasteiger partial charge in [-0.15, -0.1) is 12.4 Å². The fourth-order valence-corrected chi connectivity index (χ4v) is 3.04. The lowest BCUT2D eigenvalue weighted by atomic mass is 9.83. The summed E-state index contributed by atoms with van der Waals surface area (Å²) in [6, 6.07) is 9.21. The van der Waals surface area contributed by atoms with Gasteiger partial charge in [0.2, 0.25) is 5.91 Å². The molecule has 1 heterocycles. The summed E-state index contributed by atoms with van der Waals surface area (Å²) >= 11 is 0. The predicted molar refractivity (Wildman–Crippen MR) is 104 cm³/mol. The van der Waals surface area contributed by atoms with Gasteiger partial charge < -0.3 is 10.6 Å². The van der Waals surface area contributed by atoms with E-state index in [4.69, 9.17) is 0 Å². The summed E-state index contributed by atoms with van der Waals surface area (Å²) in [5.74, 6) is -0.768. The van der Waals surface area contributed by atoms with Gasteiger partial charge in [-0.2, -0.15) is 0 Å². The van der Waals surface area contributed by atoms with Crippen molar-refractivity contribution < 1.29 is 14.1 Å². The molecule has 2 aromatic carbocycles. The second-order valence-electron chi connectivity index (χ2n) is 6.87. The molecule has 2 N–H and O–H groups in total. The molecule has 0 radical (unpaired) electrons. The van der Waals surface area contributed by atoms with Crippen LogP contribution in [0, 0.1) is 15.9 Å². The van der Waals surface area contributed by atoms with Crippen molar-refractivity contribution in [2.24, 2.45) is 0 Å². The van der Waals surface area contributed by atoms with Crippen LogP contribution in [0.5, 0.6) is 0 Å². The van der Waals surface area contributed by atoms with Crippen molar-refractivity contribution in [3.05, 3.63) is 69.0 Å². The van der Waals surface area contributed by atoms with Crippen LogP contribution in [0.25, 0.3) is 0 Å². The van der Waals surface area contributed by atoms with Gasteiger partial charge >= 0.3 is 0 Å². The average molecular weight is 394 g/mol. The molecule has 0 saturated carbocycles. The number of amides is 1. The molecule has 6 nitrogen and oxygen atoms in total. The fraction of sp³-hybridized carbons (Fsp3) is 0.316. The van der Waals surface area contributed by atoms with E-state index < -0.39 is 16.2 Å². The van der Waals surface area contributed by atoms with Crippen molar-refractivity contribution in [1.29, 1.82) is 0 Å². The SMILES string of the molecule is CC(C)(C(=O)Nc1ccc2c(c1F)CCNC2)c1ccc([N+](=O)[O-])cc1.Cl. The van der Waals surface area contributed by atoms with Crippen LogP contribution < -0.4 is 10.6 Å². The minimum absolute atomic E-state index is 0. The average Bonchev–Trinajstić information content (AvgIpc) is 2.64. The number of hydrogen-bond acceptors (Lipinski definition) is 4. The van der Waals surface area contributed by atoms with Gasteiger partial charge in [-0.1, -0.05) is 18.2 Å². The van der Waals surface area contributed by atoms with E-state index in [9.17, 15) is 19.3 Å². The smallest absolute Gasteiger partial charge is 0.269 e. The number of nitrogens with zero attached hydrogens (tertiary/aromatic N) is 1. The van der Waals surface area contributed by atoms with Gasteiger partial charge in [-0.3, -0.25) is 14.9 Å². The van der Waals surface area contributed by atoms with E-state index >= 15 is 0 Å². The third kappa shape index (κ3) is 4.09. The van der Waals surface area contributed by atoms with Gasteiger partial charge in [0.25, 0.3) is 5.69 Å². The molecule has 144 valence electrons. The van der Waals surface area contributed by atoms with Crippen LogP contribution in [-0.2, 0) is 23.2 Å². The van der Waals surface area contributed by atoms with Crippen LogP contribution in [0.15, 0.2) is 36.4 Å². The van der Waals surface area contributed by atoms with Crippen molar-refractivity contribution in [3.63, 3.8) is 0 Å². The topological polar surface area (TPSA) is 84.3 Å². The molecule has 0 bridgehead atoms. The lowest BCUT2D eigenvalue weighted by molar-refractivity contribution is -0.384. The number of fused-ring (bicyclic) bond motifs is 1. The van der Waals surface area contributed by atoms with Crippen molar-refractivity contribution in [1.82, 2.24) is 5.32 Å². The van der Waals surface area contributed by atoms with E-state index in [2.05, 4.69) is 10.6 Å². The molecule has 27 heavy (non-hydrogen) atoms. The van der Waals surface area contributed by atoms with Crippen molar-refractivity contribution >= 4 is 29.7 Å². The predicted octanol–water partition coefficient (Wildman–Crippen LogP) is 3.72. The van der Waals surface area contributed by atoms with Crippen LogP contribution in [-0.4, -0.2) is 17.4 Å². The summed E-state index contributed by atoms with van der Waals surface area (Å²) < 4.78 is 14.7. The molecule has 0 unspecified atom stereocenters. The molecule has 0 fully saturated rings. The quantitative estimate of drug-likeness (QED) is 0.612. The Morgan fingerprint density at radius 3 is 2.52 bits per heavy atom. The third-order valence-electron chi connectivity index (χ3n) is 4.82. The Hall–Kier alpha value is -2.51. The summed E-state index contributed by atoms with van der Waals surface area (Å²) in [5.41, 5.74) is 1.29. The lowest BCUT2D eigenvalue weighted by Gasteiger charge is -2.25. The number of benzene rings is 2. The molecule has 1 amide bonds. The summed E-state index contributed by atoms with van der Waals surface area (Å²) in [4.78, 5) is 23.0. The van der Waals surface area contributed by atoms with E-state index in [1.54, 1.807) is 32.0 Å². The second-order valence-corrected chi connectivity index (χ2v) is 6.87. The molecular formula is C19H21ClFN3O3. The van der Waals surface area contributed by atoms with Crippen LogP contribution in [0.4, 0.5) is 15.8 Å². The minimum atomic E-state index is -0.973. The number of carbonyl (C=O) groups is 1. The number of nitro benzene ring substituents is 1. The van der Waals surface area contributed by atoms with Gasteiger partial charge in [0.15, 0.2) is 0 Å². The zero-order valence-electron chi connectivity index (χ0n) is 15.0. The van der Waals surface area contributed by atoms with E-state index in [0.29, 0.717) is 30.6 Å². The molecule has 0 aromatic heterocycles. The first-order chi connectivity index (χ1) is 12.3. The second kappa shape index (κ2) is 8.02. The molecule has 0 atom stereocenters. The first kappa shape index (κ1) is 20.8. The maximum atomic E-state index is 14.7. The number of hydrogen-bond donors (Lipinski definition) is 2. The highest BCUT2D eigenvalue weighted by atomic mass is 35.5. The van der Waals surface area contributed by atoms with Gasteiger partial charge in [-0.05, 0) is 49.6 Å². The number of non-ortho nitro benzene ring substituents is 1. The number of nitrogens with one attached hydrogen (secondary N) is 2. The fourth-order valence-electron chi connectivity index (χ4n) is 3.04. The molecule has 0 aliphatic carbocycles. The summed E-state index contributed by atoms with van der Waals surface area (Å²) in [6.07, 6.45) is 0.580. The highest BCUT2D eigenvalue weighted by molar-refractivity contribution is 5.98. The summed E-state index contributed by atoms with van der Waals surface area (Å²) in [6.45, 7) is 4.72. The van der Waals surface area contributed by atoms with Crippen molar-refractivity contribution in [2.45, 2.75) is 32.2 Å². The Balaban J connectivity index is 0.00000261. The Morgan fingerprint density at radius 2 is 1.89 bits per heavy atom. The standard InChI is InChI=1S/C19H20FN3O3.ClH/c1-19(2,13-4-6-14(7-5-13)23(25)26)18(24)22-16-8-3-12-11-21-10-9-15(12)17(16)20;/h3-8,21H,9-11H2,1-2H3,(H,22,24);1H. The normalized spacial score (nSPS) is 13.3. The molecule has 0 spiro atoms. The number of rotatable bonds is 4. The molecule has 8 heteroatoms. The zero-order valence-corrected chi connectivity index (χ0v) is 15.9. The highest BCUT2D eigenvalue weighted by Crippen LogP contribution is 2.29. The maximum absolute atomic E-state index is 14.7. The van der Waals surface area contributed by atoms with Gasteiger partial charge in [0, 0.05) is 18.7 Å². The van der Waals surface area contributed by atoms with E-state index in [0.717, 1.165) is 5.56 Å². The van der Waals surface area contributed by atoms with Crippen LogP contribution in [0.2, 0.25) is 0 Å². The van der Waals surface area contributed by atoms with Crippen LogP contribution in [0.3, 0.4) is 0 Å². The van der Waals surface area contributed by atoms with E-state index in [-0.39, 0.29) is 29.7 Å². The van der Waals surface area contributed by atoms with E-state index in [1.165, 1.54) is 12.1 Å². The monoisotopic (exact) mass is 393 g/mol. The highest BCUT2D eigenvalue weighted by Gasteiger charge is 2.31. The van der Waals surface area contributed by atoms with Gasteiger partial charge in [0.05, 0.1) is 16.0 Å². The lowest BCUT2D eigenvalue weighted by Crippen LogP contribution is -2.35. The largest absolute Gasteiger partial charge is 0.323 e. The third-order valence-corrected chi connectivity index (χ3v) is 4.82. The molecule has 0 saturated heterocycles. The summed E-state index contributed by atoms with van der Waals surface area (Å²) in [7, 11) is 0. The number of nitro groups is 1. The number of halogens is 2. The molecule has 3 rings (SSSR count). The Bertz CT molecular complexity index is 869. The first-order valence-corrected chi connectivity index (χ1v) is 8.38.